The first-order chi connectivity index (χ1) is 5.39. The van der Waals surface area contributed by atoms with Crippen molar-refractivity contribution in [2.75, 3.05) is 13.2 Å². The lowest BCUT2D eigenvalue weighted by Crippen LogP contribution is -2.37. The standard InChI is InChI=1S/C9H21O2Si/c1-6-11-7-9(8(2)10)12(3,4)5/h8-10H,1,6-7H2,2-5H3. The molecular weight excluding hydrogens is 168 g/mol. The normalized spacial score (nSPS) is 17.5. The summed E-state index contributed by atoms with van der Waals surface area (Å²) in [4.78, 5) is 0. The van der Waals surface area contributed by atoms with Crippen molar-refractivity contribution in [3.63, 3.8) is 0 Å². The van der Waals surface area contributed by atoms with E-state index in [1.165, 1.54) is 0 Å². The van der Waals surface area contributed by atoms with Crippen LogP contribution in [0, 0.1) is 6.92 Å². The van der Waals surface area contributed by atoms with E-state index in [9.17, 15) is 5.11 Å². The van der Waals surface area contributed by atoms with Crippen LogP contribution in [0.3, 0.4) is 0 Å². The van der Waals surface area contributed by atoms with E-state index < -0.39 is 8.07 Å². The van der Waals surface area contributed by atoms with Gasteiger partial charge >= 0.3 is 0 Å². The molecule has 73 valence electrons. The monoisotopic (exact) mass is 189 g/mol. The van der Waals surface area contributed by atoms with Crippen LogP contribution >= 0.6 is 0 Å². The molecule has 0 aromatic heterocycles. The van der Waals surface area contributed by atoms with E-state index in [0.717, 1.165) is 0 Å². The quantitative estimate of drug-likeness (QED) is 0.670. The third-order valence-corrected chi connectivity index (χ3v) is 5.01. The average molecular weight is 189 g/mol. The van der Waals surface area contributed by atoms with Crippen molar-refractivity contribution >= 4 is 8.07 Å². The topological polar surface area (TPSA) is 29.5 Å². The van der Waals surface area contributed by atoms with Crippen molar-refractivity contribution < 1.29 is 9.84 Å². The van der Waals surface area contributed by atoms with E-state index in [-0.39, 0.29) is 6.10 Å². The van der Waals surface area contributed by atoms with Gasteiger partial charge in [0.1, 0.15) is 0 Å². The summed E-state index contributed by atoms with van der Waals surface area (Å²) in [5.41, 5.74) is 0.319. The molecule has 2 unspecified atom stereocenters. The summed E-state index contributed by atoms with van der Waals surface area (Å²) < 4.78 is 5.25. The first-order valence-corrected chi connectivity index (χ1v) is 8.02. The second-order valence-electron chi connectivity index (χ2n) is 4.29. The summed E-state index contributed by atoms with van der Waals surface area (Å²) in [5.74, 6) is 0. The summed E-state index contributed by atoms with van der Waals surface area (Å²) in [7, 11) is -1.29. The van der Waals surface area contributed by atoms with Gasteiger partial charge in [0.2, 0.25) is 0 Å². The second-order valence-corrected chi connectivity index (χ2v) is 9.76. The van der Waals surface area contributed by atoms with E-state index in [1.807, 2.05) is 6.92 Å². The molecular formula is C9H21O2Si. The number of rotatable bonds is 5. The van der Waals surface area contributed by atoms with Crippen LogP contribution in [0.25, 0.3) is 0 Å². The largest absolute Gasteiger partial charge is 0.393 e. The molecule has 0 amide bonds. The minimum Gasteiger partial charge on any atom is -0.393 e. The van der Waals surface area contributed by atoms with Crippen LogP contribution in [0.5, 0.6) is 0 Å². The Kier molecular flexibility index (Phi) is 5.05. The van der Waals surface area contributed by atoms with Crippen molar-refractivity contribution in [2.45, 2.75) is 38.2 Å². The smallest absolute Gasteiger partial charge is 0.0538 e. The molecule has 1 N–H and O–H groups in total. The molecule has 0 bridgehead atoms. The molecule has 0 aliphatic carbocycles. The molecule has 0 aromatic carbocycles. The first-order valence-electron chi connectivity index (χ1n) is 4.44. The predicted octanol–water partition coefficient (Wildman–Crippen LogP) is 1.93. The fraction of sp³-hybridized carbons (Fsp3) is 0.889. The average Bonchev–Trinajstić information content (AvgIpc) is 1.84. The summed E-state index contributed by atoms with van der Waals surface area (Å²) in [6.45, 7) is 13.3. The predicted molar refractivity (Wildman–Crippen MR) is 55.0 cm³/mol. The van der Waals surface area contributed by atoms with Crippen LogP contribution in [0.15, 0.2) is 0 Å². The van der Waals surface area contributed by atoms with Gasteiger partial charge in [-0.25, -0.2) is 0 Å². The zero-order valence-electron chi connectivity index (χ0n) is 8.63. The minimum atomic E-state index is -1.29. The highest BCUT2D eigenvalue weighted by Crippen LogP contribution is 2.25. The van der Waals surface area contributed by atoms with Gasteiger partial charge in [-0.3, -0.25) is 0 Å². The van der Waals surface area contributed by atoms with Gasteiger partial charge in [0.25, 0.3) is 0 Å². The fourth-order valence-electron chi connectivity index (χ4n) is 1.32. The second kappa shape index (κ2) is 4.99. The number of hydrogen-bond donors (Lipinski definition) is 1. The number of hydrogen-bond acceptors (Lipinski definition) is 2. The van der Waals surface area contributed by atoms with Gasteiger partial charge in [0.15, 0.2) is 0 Å². The molecule has 0 saturated carbocycles. The molecule has 0 fully saturated rings. The van der Waals surface area contributed by atoms with Gasteiger partial charge in [-0.1, -0.05) is 19.6 Å². The molecule has 0 aliphatic rings. The van der Waals surface area contributed by atoms with Crippen LogP contribution in [-0.4, -0.2) is 32.5 Å². The van der Waals surface area contributed by atoms with E-state index in [0.29, 0.717) is 18.8 Å². The summed E-state index contributed by atoms with van der Waals surface area (Å²) in [6.07, 6.45) is -0.261. The van der Waals surface area contributed by atoms with Crippen LogP contribution in [0.2, 0.25) is 25.2 Å². The number of aliphatic hydroxyl groups excluding tert-OH is 1. The Balaban J connectivity index is 4.05. The first kappa shape index (κ1) is 12.1. The van der Waals surface area contributed by atoms with Crippen molar-refractivity contribution in [3.8, 4) is 0 Å². The molecule has 0 aromatic rings. The fourth-order valence-corrected chi connectivity index (χ4v) is 3.39. The Morgan fingerprint density at radius 1 is 1.42 bits per heavy atom. The van der Waals surface area contributed by atoms with Gasteiger partial charge in [0, 0.05) is 18.8 Å². The Morgan fingerprint density at radius 2 is 1.92 bits per heavy atom. The Labute approximate surface area is 76.9 Å². The lowest BCUT2D eigenvalue weighted by Gasteiger charge is -2.30. The Hall–Kier alpha value is 0.137. The van der Waals surface area contributed by atoms with Gasteiger partial charge in [-0.2, -0.15) is 0 Å². The SMILES string of the molecule is [CH2]COCC(C(C)O)[Si](C)(C)C. The van der Waals surface area contributed by atoms with Crippen molar-refractivity contribution in [1.82, 2.24) is 0 Å². The highest BCUT2D eigenvalue weighted by molar-refractivity contribution is 6.77. The minimum absolute atomic E-state index is 0.261. The van der Waals surface area contributed by atoms with E-state index in [1.54, 1.807) is 0 Å². The highest BCUT2D eigenvalue weighted by atomic mass is 28.3. The maximum Gasteiger partial charge on any atom is 0.0538 e. The van der Waals surface area contributed by atoms with Crippen LogP contribution in [0.1, 0.15) is 6.92 Å². The number of ether oxygens (including phenoxy) is 1. The van der Waals surface area contributed by atoms with Gasteiger partial charge < -0.3 is 9.84 Å². The summed E-state index contributed by atoms with van der Waals surface area (Å²) in [6, 6.07) is 0. The zero-order chi connectivity index (χ0) is 9.78. The highest BCUT2D eigenvalue weighted by Gasteiger charge is 2.30. The van der Waals surface area contributed by atoms with E-state index in [2.05, 4.69) is 26.6 Å². The summed E-state index contributed by atoms with van der Waals surface area (Å²) >= 11 is 0. The van der Waals surface area contributed by atoms with E-state index >= 15 is 0 Å². The van der Waals surface area contributed by atoms with Gasteiger partial charge in [0.05, 0.1) is 14.2 Å². The lowest BCUT2D eigenvalue weighted by atomic mass is 10.3. The summed E-state index contributed by atoms with van der Waals surface area (Å²) in [5, 5.41) is 9.51. The molecule has 12 heavy (non-hydrogen) atoms. The van der Waals surface area contributed by atoms with Crippen molar-refractivity contribution in [2.24, 2.45) is 0 Å². The molecule has 2 nitrogen and oxygen atoms in total. The maximum absolute atomic E-state index is 9.51. The third kappa shape index (κ3) is 4.23. The van der Waals surface area contributed by atoms with Crippen molar-refractivity contribution in [1.29, 1.82) is 0 Å². The molecule has 3 heteroatoms. The Bertz CT molecular complexity index is 118. The maximum atomic E-state index is 9.51. The molecule has 1 radical (unpaired) electrons. The van der Waals surface area contributed by atoms with Gasteiger partial charge in [-0.05, 0) is 13.8 Å². The third-order valence-electron chi connectivity index (χ3n) is 2.14. The molecule has 0 spiro atoms. The van der Waals surface area contributed by atoms with Crippen LogP contribution in [-0.2, 0) is 4.74 Å². The molecule has 0 aliphatic heterocycles. The molecule has 0 saturated heterocycles. The van der Waals surface area contributed by atoms with Gasteiger partial charge in [-0.15, -0.1) is 0 Å². The van der Waals surface area contributed by atoms with Crippen molar-refractivity contribution in [3.05, 3.63) is 6.92 Å². The van der Waals surface area contributed by atoms with Crippen LogP contribution in [0.4, 0.5) is 0 Å². The van der Waals surface area contributed by atoms with Crippen LogP contribution < -0.4 is 0 Å². The molecule has 2 atom stereocenters. The zero-order valence-corrected chi connectivity index (χ0v) is 9.63. The Morgan fingerprint density at radius 3 is 2.17 bits per heavy atom. The number of aliphatic hydroxyl groups is 1. The molecule has 0 heterocycles. The lowest BCUT2D eigenvalue weighted by molar-refractivity contribution is 0.101. The molecule has 0 rings (SSSR count). The van der Waals surface area contributed by atoms with E-state index in [4.69, 9.17) is 4.74 Å².